The molecule has 36 heavy (non-hydrogen) atoms. The van der Waals surface area contributed by atoms with Crippen molar-refractivity contribution in [1.29, 1.82) is 0 Å². The van der Waals surface area contributed by atoms with E-state index in [1.807, 2.05) is 6.92 Å². The van der Waals surface area contributed by atoms with Crippen molar-refractivity contribution in [1.82, 2.24) is 4.90 Å². The summed E-state index contributed by atoms with van der Waals surface area (Å²) in [5, 5.41) is 11.6. The Labute approximate surface area is 207 Å². The fourth-order valence-electron chi connectivity index (χ4n) is 5.76. The zero-order chi connectivity index (χ0) is 25.0. The van der Waals surface area contributed by atoms with Crippen molar-refractivity contribution in [2.45, 2.75) is 31.4 Å². The fraction of sp³-hybridized carbons (Fsp3) is 0.370. The Balaban J connectivity index is 1.59. The predicted molar refractivity (Wildman–Crippen MR) is 129 cm³/mol. The number of likely N-dealkylation sites (tertiary alicyclic amines) is 1. The summed E-state index contributed by atoms with van der Waals surface area (Å²) < 4.78 is 17.0. The number of hydrogen-bond donors (Lipinski definition) is 1. The summed E-state index contributed by atoms with van der Waals surface area (Å²) in [5.74, 6) is -1.66. The van der Waals surface area contributed by atoms with Gasteiger partial charge >= 0.3 is 0 Å². The lowest BCUT2D eigenvalue weighted by Gasteiger charge is -2.35. The molecule has 0 aliphatic carbocycles. The van der Waals surface area contributed by atoms with Crippen LogP contribution in [0.5, 0.6) is 11.5 Å². The van der Waals surface area contributed by atoms with Gasteiger partial charge in [-0.2, -0.15) is 0 Å². The minimum absolute atomic E-state index is 0.0696. The first-order chi connectivity index (χ1) is 17.5. The Morgan fingerprint density at radius 3 is 2.58 bits per heavy atom. The van der Waals surface area contributed by atoms with Crippen molar-refractivity contribution in [3.05, 3.63) is 59.2 Å². The van der Waals surface area contributed by atoms with Gasteiger partial charge in [0.05, 0.1) is 17.4 Å². The number of ketones is 1. The second-order valence-electron chi connectivity index (χ2n) is 9.24. The number of carbonyl (C=O) groups is 3. The zero-order valence-electron chi connectivity index (χ0n) is 19.9. The third-order valence-electron chi connectivity index (χ3n) is 7.35. The van der Waals surface area contributed by atoms with Gasteiger partial charge in [0.15, 0.2) is 17.0 Å². The predicted octanol–water partition coefficient (Wildman–Crippen LogP) is 2.58. The van der Waals surface area contributed by atoms with Crippen LogP contribution < -0.4 is 14.4 Å². The Bertz CT molecular complexity index is 1310. The van der Waals surface area contributed by atoms with Crippen LogP contribution in [0, 0.1) is 0 Å². The second kappa shape index (κ2) is 8.37. The largest absolute Gasteiger partial charge is 0.507 e. The third-order valence-corrected chi connectivity index (χ3v) is 7.35. The summed E-state index contributed by atoms with van der Waals surface area (Å²) >= 11 is 0. The van der Waals surface area contributed by atoms with Gasteiger partial charge in [0.25, 0.3) is 17.6 Å². The Morgan fingerprint density at radius 1 is 1.06 bits per heavy atom. The first-order valence-electron chi connectivity index (χ1n) is 12.2. The highest BCUT2D eigenvalue weighted by Crippen LogP contribution is 2.54. The summed E-state index contributed by atoms with van der Waals surface area (Å²) in [6.45, 7) is 3.56. The van der Waals surface area contributed by atoms with Crippen LogP contribution in [-0.2, 0) is 24.7 Å². The number of aliphatic hydroxyl groups excluding tert-OH is 1. The molecular weight excluding hydrogens is 464 g/mol. The molecule has 2 atom stereocenters. The van der Waals surface area contributed by atoms with Crippen LogP contribution in [0.2, 0.25) is 0 Å². The molecule has 9 heteroatoms. The number of amides is 2. The average molecular weight is 491 g/mol. The first-order valence-corrected chi connectivity index (χ1v) is 12.2. The highest BCUT2D eigenvalue weighted by molar-refractivity contribution is 6.50. The van der Waals surface area contributed by atoms with Crippen molar-refractivity contribution < 1.29 is 33.7 Å². The van der Waals surface area contributed by atoms with Crippen molar-refractivity contribution in [3.8, 4) is 11.5 Å². The molecule has 2 aromatic carbocycles. The molecule has 1 N–H and O–H groups in total. The van der Waals surface area contributed by atoms with E-state index in [0.717, 1.165) is 6.42 Å². The van der Waals surface area contributed by atoms with Gasteiger partial charge in [0.2, 0.25) is 0 Å². The minimum Gasteiger partial charge on any atom is -0.507 e. The Kier molecular flexibility index (Phi) is 5.26. The molecule has 2 amide bonds. The number of anilines is 1. The van der Waals surface area contributed by atoms with Crippen molar-refractivity contribution in [2.24, 2.45) is 0 Å². The normalized spacial score (nSPS) is 26.2. The van der Waals surface area contributed by atoms with Crippen LogP contribution in [0.3, 0.4) is 0 Å². The summed E-state index contributed by atoms with van der Waals surface area (Å²) in [5.41, 5.74) is -0.667. The van der Waals surface area contributed by atoms with E-state index in [-0.39, 0.29) is 23.8 Å². The van der Waals surface area contributed by atoms with Crippen molar-refractivity contribution >= 4 is 29.0 Å². The van der Waals surface area contributed by atoms with Crippen LogP contribution in [0.15, 0.2) is 48.0 Å². The van der Waals surface area contributed by atoms with Gasteiger partial charge in [0.1, 0.15) is 19.0 Å². The Morgan fingerprint density at radius 2 is 1.83 bits per heavy atom. The van der Waals surface area contributed by atoms with Crippen molar-refractivity contribution in [3.63, 3.8) is 0 Å². The number of nitrogens with zero attached hydrogens (tertiary/aromatic N) is 2. The Hall–Kier alpha value is -3.85. The smallest absolute Gasteiger partial charge is 0.296 e. The number of hydrogen-bond acceptors (Lipinski definition) is 7. The van der Waals surface area contributed by atoms with Gasteiger partial charge in [-0.25, -0.2) is 0 Å². The molecule has 0 bridgehead atoms. The van der Waals surface area contributed by atoms with Crippen LogP contribution in [-0.4, -0.2) is 66.6 Å². The standard InChI is InChI=1S/C27H26N2O7/c1-2-28-19-8-4-3-7-18(19)27(26(28)33)22(24(31)25(32)29(27)15-17-6-5-11-34-17)23(30)16-9-10-20-21(14-16)36-13-12-35-20/h3-4,7-10,14,17,30H,2,5-6,11-13,15H2,1H3/t17-,27-/m0/s1. The van der Waals surface area contributed by atoms with Gasteiger partial charge in [-0.3, -0.25) is 14.4 Å². The van der Waals surface area contributed by atoms with Crippen LogP contribution >= 0.6 is 0 Å². The molecule has 0 unspecified atom stereocenters. The number of para-hydroxylation sites is 1. The number of rotatable bonds is 4. The number of aliphatic hydroxyl groups is 1. The van der Waals surface area contributed by atoms with Gasteiger partial charge in [-0.1, -0.05) is 18.2 Å². The SMILES string of the molecule is CCN1C(=O)[C@@]2(C(=C(O)c3ccc4c(c3)OCCO4)C(=O)C(=O)N2C[C@@H]2CCCO2)c2ccccc21. The molecule has 0 radical (unpaired) electrons. The number of benzene rings is 2. The summed E-state index contributed by atoms with van der Waals surface area (Å²) in [7, 11) is 0. The lowest BCUT2D eigenvalue weighted by Crippen LogP contribution is -2.53. The van der Waals surface area contributed by atoms with Gasteiger partial charge < -0.3 is 29.1 Å². The van der Waals surface area contributed by atoms with E-state index in [2.05, 4.69) is 0 Å². The molecule has 4 aliphatic heterocycles. The van der Waals surface area contributed by atoms with Gasteiger partial charge in [-0.15, -0.1) is 0 Å². The monoisotopic (exact) mass is 490 g/mol. The fourth-order valence-corrected chi connectivity index (χ4v) is 5.76. The lowest BCUT2D eigenvalue weighted by atomic mass is 9.81. The quantitative estimate of drug-likeness (QED) is 0.399. The molecule has 6 rings (SSSR count). The minimum atomic E-state index is -1.79. The molecular formula is C27H26N2O7. The van der Waals surface area contributed by atoms with Gasteiger partial charge in [0, 0.05) is 30.8 Å². The number of ether oxygens (including phenoxy) is 3. The summed E-state index contributed by atoms with van der Waals surface area (Å²) in [6.07, 6.45) is 1.25. The van der Waals surface area contributed by atoms with E-state index < -0.39 is 28.9 Å². The molecule has 4 aliphatic rings. The maximum atomic E-state index is 14.2. The highest BCUT2D eigenvalue weighted by Gasteiger charge is 2.67. The summed E-state index contributed by atoms with van der Waals surface area (Å²) in [6, 6.07) is 11.9. The lowest BCUT2D eigenvalue weighted by molar-refractivity contribution is -0.145. The number of Topliss-reactive ketones (excluding diaryl/α,β-unsaturated/α-hetero) is 1. The highest BCUT2D eigenvalue weighted by atomic mass is 16.6. The topological polar surface area (TPSA) is 106 Å². The van der Waals surface area contributed by atoms with E-state index in [4.69, 9.17) is 14.2 Å². The summed E-state index contributed by atoms with van der Waals surface area (Å²) in [4.78, 5) is 44.3. The molecule has 4 heterocycles. The van der Waals surface area contributed by atoms with E-state index in [1.165, 1.54) is 4.90 Å². The van der Waals surface area contributed by atoms with E-state index in [1.54, 1.807) is 47.4 Å². The molecule has 2 fully saturated rings. The van der Waals surface area contributed by atoms with E-state index in [0.29, 0.717) is 55.5 Å². The zero-order valence-corrected chi connectivity index (χ0v) is 19.9. The maximum Gasteiger partial charge on any atom is 0.296 e. The molecule has 186 valence electrons. The van der Waals surface area contributed by atoms with Crippen LogP contribution in [0.1, 0.15) is 30.9 Å². The number of carbonyl (C=O) groups excluding carboxylic acids is 3. The molecule has 0 aromatic heterocycles. The van der Waals surface area contributed by atoms with Crippen LogP contribution in [0.4, 0.5) is 5.69 Å². The second-order valence-corrected chi connectivity index (χ2v) is 9.24. The molecule has 2 saturated heterocycles. The first kappa shape index (κ1) is 22.6. The average Bonchev–Trinajstić information content (AvgIpc) is 3.56. The van der Waals surface area contributed by atoms with Gasteiger partial charge in [-0.05, 0) is 44.0 Å². The molecule has 2 aromatic rings. The van der Waals surface area contributed by atoms with E-state index in [9.17, 15) is 19.5 Å². The van der Waals surface area contributed by atoms with E-state index >= 15 is 0 Å². The molecule has 1 spiro atoms. The molecule has 0 saturated carbocycles. The molecule has 9 nitrogen and oxygen atoms in total. The van der Waals surface area contributed by atoms with Crippen molar-refractivity contribution in [2.75, 3.05) is 37.8 Å². The third kappa shape index (κ3) is 3.02. The maximum absolute atomic E-state index is 14.2. The van der Waals surface area contributed by atoms with Crippen LogP contribution in [0.25, 0.3) is 5.76 Å². The number of likely N-dealkylation sites (N-methyl/N-ethyl adjacent to an activating group) is 1. The number of fused-ring (bicyclic) bond motifs is 3.